The van der Waals surface area contributed by atoms with Crippen LogP contribution in [0.3, 0.4) is 0 Å². The Morgan fingerprint density at radius 1 is 1.03 bits per heavy atom. The lowest BCUT2D eigenvalue weighted by molar-refractivity contribution is -0.179. The van der Waals surface area contributed by atoms with Crippen LogP contribution in [0.4, 0.5) is 0 Å². The van der Waals surface area contributed by atoms with Gasteiger partial charge in [0, 0.05) is 11.6 Å². The van der Waals surface area contributed by atoms with Crippen molar-refractivity contribution in [3.8, 4) is 28.7 Å². The zero-order valence-electron chi connectivity index (χ0n) is 17.5. The van der Waals surface area contributed by atoms with Gasteiger partial charge in [0.05, 0.1) is 25.3 Å². The highest BCUT2D eigenvalue weighted by molar-refractivity contribution is 6.08. The SMILES string of the molecule is COc1cc2c(cc1OC)[C@]1(O)C(=O)c3ccc4c(c3O[C@@H]1[C@@H](O)O2)C=CC(C)(C)O4. The van der Waals surface area contributed by atoms with E-state index >= 15 is 0 Å². The average molecular weight is 426 g/mol. The highest BCUT2D eigenvalue weighted by Gasteiger charge is 2.60. The lowest BCUT2D eigenvalue weighted by Gasteiger charge is -2.45. The van der Waals surface area contributed by atoms with E-state index in [1.807, 2.05) is 26.0 Å². The number of ether oxygens (including phenoxy) is 5. The summed E-state index contributed by atoms with van der Waals surface area (Å²) >= 11 is 0. The van der Waals surface area contributed by atoms with Crippen LogP contribution in [-0.2, 0) is 5.60 Å². The van der Waals surface area contributed by atoms with Crippen LogP contribution >= 0.6 is 0 Å². The molecule has 0 aromatic heterocycles. The van der Waals surface area contributed by atoms with Crippen LogP contribution < -0.4 is 23.7 Å². The number of carbonyl (C=O) groups is 1. The molecule has 0 bridgehead atoms. The average Bonchev–Trinajstić information content (AvgIpc) is 2.73. The molecule has 0 unspecified atom stereocenters. The Hall–Kier alpha value is -3.23. The molecule has 31 heavy (non-hydrogen) atoms. The third-order valence-electron chi connectivity index (χ3n) is 5.83. The fourth-order valence-corrected chi connectivity index (χ4v) is 4.27. The van der Waals surface area contributed by atoms with Crippen LogP contribution in [-0.4, -0.2) is 48.2 Å². The normalized spacial score (nSPS) is 26.8. The number of aliphatic hydroxyl groups excluding tert-OH is 1. The van der Waals surface area contributed by atoms with Crippen molar-refractivity contribution < 1.29 is 38.7 Å². The minimum Gasteiger partial charge on any atom is -0.493 e. The predicted octanol–water partition coefficient (Wildman–Crippen LogP) is 2.43. The second-order valence-corrected chi connectivity index (χ2v) is 8.24. The molecule has 2 N–H and O–H groups in total. The Morgan fingerprint density at radius 2 is 1.74 bits per heavy atom. The van der Waals surface area contributed by atoms with Crippen molar-refractivity contribution >= 4 is 11.9 Å². The summed E-state index contributed by atoms with van der Waals surface area (Å²) in [6.07, 6.45) is 0.666. The maximum absolute atomic E-state index is 13.6. The predicted molar refractivity (Wildman–Crippen MR) is 109 cm³/mol. The molecular weight excluding hydrogens is 404 g/mol. The molecule has 2 aromatic rings. The molecule has 0 radical (unpaired) electrons. The van der Waals surface area contributed by atoms with Gasteiger partial charge in [-0.15, -0.1) is 0 Å². The van der Waals surface area contributed by atoms with E-state index in [1.54, 1.807) is 12.1 Å². The maximum atomic E-state index is 13.6. The standard InChI is InChI=1S/C23H22O8/c1-22(2)8-7-11-14(31-22)6-5-12-18(11)30-20-21(25)29-15-10-17(28-4)16(27-3)9-13(15)23(20,26)19(12)24/h5-10,20-21,25-26H,1-4H3/t20-,21+,23+/m1/s1. The second-order valence-electron chi connectivity index (χ2n) is 8.24. The van der Waals surface area contributed by atoms with Crippen molar-refractivity contribution in [3.05, 3.63) is 47.0 Å². The van der Waals surface area contributed by atoms with Gasteiger partial charge in [-0.3, -0.25) is 4.79 Å². The summed E-state index contributed by atoms with van der Waals surface area (Å²) in [5.74, 6) is 0.899. The number of rotatable bonds is 2. The molecule has 162 valence electrons. The fraction of sp³-hybridized carbons (Fsp3) is 0.348. The smallest absolute Gasteiger partial charge is 0.238 e. The third kappa shape index (κ3) is 2.65. The maximum Gasteiger partial charge on any atom is 0.238 e. The first-order valence-electron chi connectivity index (χ1n) is 9.80. The van der Waals surface area contributed by atoms with Gasteiger partial charge in [0.25, 0.3) is 0 Å². The van der Waals surface area contributed by atoms with E-state index in [2.05, 4.69) is 0 Å². The van der Waals surface area contributed by atoms with E-state index in [1.165, 1.54) is 26.4 Å². The molecule has 3 heterocycles. The summed E-state index contributed by atoms with van der Waals surface area (Å²) < 4.78 is 28.1. The van der Waals surface area contributed by atoms with Crippen LogP contribution in [0.25, 0.3) is 6.08 Å². The van der Waals surface area contributed by atoms with Crippen molar-refractivity contribution in [2.75, 3.05) is 14.2 Å². The van der Waals surface area contributed by atoms with Crippen molar-refractivity contribution in [2.24, 2.45) is 0 Å². The molecule has 0 fully saturated rings. The Kier molecular flexibility index (Phi) is 4.06. The van der Waals surface area contributed by atoms with E-state index in [0.717, 1.165) is 0 Å². The highest BCUT2D eigenvalue weighted by Crippen LogP contribution is 2.52. The van der Waals surface area contributed by atoms with E-state index in [0.29, 0.717) is 22.8 Å². The quantitative estimate of drug-likeness (QED) is 0.755. The van der Waals surface area contributed by atoms with Crippen molar-refractivity contribution in [1.82, 2.24) is 0 Å². The molecule has 0 saturated carbocycles. The zero-order valence-corrected chi connectivity index (χ0v) is 17.5. The number of fused-ring (bicyclic) bond motifs is 6. The minimum atomic E-state index is -2.19. The number of Topliss-reactive ketones (excluding diaryl/α,β-unsaturated/α-hetero) is 1. The molecule has 3 aliphatic rings. The fourth-order valence-electron chi connectivity index (χ4n) is 4.27. The summed E-state index contributed by atoms with van der Waals surface area (Å²) in [6, 6.07) is 6.15. The summed E-state index contributed by atoms with van der Waals surface area (Å²) in [7, 11) is 2.89. The van der Waals surface area contributed by atoms with Gasteiger partial charge in [0.15, 0.2) is 17.1 Å². The van der Waals surface area contributed by atoms with Crippen molar-refractivity contribution in [2.45, 2.75) is 37.4 Å². The highest BCUT2D eigenvalue weighted by atomic mass is 16.6. The third-order valence-corrected chi connectivity index (χ3v) is 5.83. The summed E-state index contributed by atoms with van der Waals surface area (Å²) in [5.41, 5.74) is -1.82. The monoisotopic (exact) mass is 426 g/mol. The Morgan fingerprint density at radius 3 is 2.45 bits per heavy atom. The van der Waals surface area contributed by atoms with Crippen LogP contribution in [0.2, 0.25) is 0 Å². The van der Waals surface area contributed by atoms with Crippen LogP contribution in [0.1, 0.15) is 35.3 Å². The van der Waals surface area contributed by atoms with Gasteiger partial charge in [0.2, 0.25) is 18.2 Å². The molecule has 2 aromatic carbocycles. The minimum absolute atomic E-state index is 0.104. The molecular formula is C23H22O8. The van der Waals surface area contributed by atoms with Gasteiger partial charge in [0.1, 0.15) is 22.8 Å². The van der Waals surface area contributed by atoms with E-state index in [-0.39, 0.29) is 22.6 Å². The first kappa shape index (κ1) is 19.7. The summed E-state index contributed by atoms with van der Waals surface area (Å²) in [6.45, 7) is 3.82. The largest absolute Gasteiger partial charge is 0.493 e. The van der Waals surface area contributed by atoms with Gasteiger partial charge in [-0.05, 0) is 44.2 Å². The first-order valence-corrected chi connectivity index (χ1v) is 9.80. The number of methoxy groups -OCH3 is 2. The van der Waals surface area contributed by atoms with Crippen molar-refractivity contribution in [3.63, 3.8) is 0 Å². The number of hydrogen-bond donors (Lipinski definition) is 2. The van der Waals surface area contributed by atoms with Gasteiger partial charge in [-0.2, -0.15) is 0 Å². The zero-order chi connectivity index (χ0) is 22.1. The molecule has 8 nitrogen and oxygen atoms in total. The lowest BCUT2D eigenvalue weighted by Crippen LogP contribution is -2.61. The van der Waals surface area contributed by atoms with E-state index < -0.39 is 29.4 Å². The molecule has 0 saturated heterocycles. The number of hydrogen-bond acceptors (Lipinski definition) is 8. The van der Waals surface area contributed by atoms with Crippen molar-refractivity contribution in [1.29, 1.82) is 0 Å². The second kappa shape index (κ2) is 6.38. The van der Waals surface area contributed by atoms with E-state index in [9.17, 15) is 15.0 Å². The summed E-state index contributed by atoms with van der Waals surface area (Å²) in [5, 5.41) is 22.3. The molecule has 0 aliphatic carbocycles. The molecule has 8 heteroatoms. The lowest BCUT2D eigenvalue weighted by atomic mass is 9.76. The number of benzene rings is 2. The van der Waals surface area contributed by atoms with E-state index in [4.69, 9.17) is 23.7 Å². The molecule has 3 aliphatic heterocycles. The Labute approximate surface area is 178 Å². The number of carbonyl (C=O) groups excluding carboxylic acids is 1. The Bertz CT molecular complexity index is 1130. The van der Waals surface area contributed by atoms with Gasteiger partial charge < -0.3 is 33.9 Å². The molecule has 0 spiro atoms. The topological polar surface area (TPSA) is 104 Å². The van der Waals surface area contributed by atoms with Gasteiger partial charge in [-0.1, -0.05) is 0 Å². The molecule has 5 rings (SSSR count). The van der Waals surface area contributed by atoms with Crippen LogP contribution in [0, 0.1) is 0 Å². The Balaban J connectivity index is 1.70. The van der Waals surface area contributed by atoms with Crippen LogP contribution in [0.5, 0.6) is 28.7 Å². The summed E-state index contributed by atoms with van der Waals surface area (Å²) in [4.78, 5) is 13.6. The first-order chi connectivity index (χ1) is 14.7. The molecule has 0 amide bonds. The van der Waals surface area contributed by atoms with Gasteiger partial charge >= 0.3 is 0 Å². The van der Waals surface area contributed by atoms with Crippen LogP contribution in [0.15, 0.2) is 30.3 Å². The van der Waals surface area contributed by atoms with Gasteiger partial charge in [-0.25, -0.2) is 0 Å². The number of ketones is 1. The number of aliphatic hydroxyl groups is 2. The molecule has 3 atom stereocenters.